The number of hydrogen-bond acceptors (Lipinski definition) is 1. The summed E-state index contributed by atoms with van der Waals surface area (Å²) in [5.41, 5.74) is 0. The van der Waals surface area contributed by atoms with Crippen molar-refractivity contribution in [2.45, 2.75) is 13.0 Å². The molecule has 0 fully saturated rings. The SMILES string of the molecule is CC[Si](I)(I)OC. The van der Waals surface area contributed by atoms with Gasteiger partial charge in [0, 0.05) is 7.11 Å². The van der Waals surface area contributed by atoms with Gasteiger partial charge in [0.05, 0.1) is 0 Å². The standard InChI is InChI=1S/C3H8I2OSi/c1-3-7(4,5)6-2/h3H2,1-2H3. The average molecular weight is 342 g/mol. The maximum Gasteiger partial charge on any atom is 0.324 e. The van der Waals surface area contributed by atoms with Gasteiger partial charge in [0.25, 0.3) is 0 Å². The Kier molecular flexibility index (Phi) is 4.47. The second kappa shape index (κ2) is 3.62. The molecule has 0 saturated heterocycles. The molecule has 0 aliphatic heterocycles. The molecule has 0 amide bonds. The highest BCUT2D eigenvalue weighted by atomic mass is 127. The molecule has 0 radical (unpaired) electrons. The van der Waals surface area contributed by atoms with Gasteiger partial charge in [0.15, 0.2) is 0 Å². The molecule has 7 heavy (non-hydrogen) atoms. The Bertz CT molecular complexity index is 50.9. The summed E-state index contributed by atoms with van der Waals surface area (Å²) >= 11 is 4.81. The quantitative estimate of drug-likeness (QED) is 0.426. The van der Waals surface area contributed by atoms with Crippen molar-refractivity contribution in [3.63, 3.8) is 0 Å². The lowest BCUT2D eigenvalue weighted by Crippen LogP contribution is -2.17. The number of halogens is 2. The molecule has 0 atom stereocenters. The predicted octanol–water partition coefficient (Wildman–Crippen LogP) is 2.46. The lowest BCUT2D eigenvalue weighted by molar-refractivity contribution is 0.437. The van der Waals surface area contributed by atoms with Crippen LogP contribution >= 0.6 is 43.6 Å². The van der Waals surface area contributed by atoms with E-state index < -0.39 is 3.31 Å². The molecule has 44 valence electrons. The Hall–Kier alpha value is 1.64. The minimum absolute atomic E-state index is 1.19. The van der Waals surface area contributed by atoms with Gasteiger partial charge in [0.2, 0.25) is 0 Å². The fourth-order valence-electron chi connectivity index (χ4n) is 0.144. The molecule has 4 heteroatoms. The maximum atomic E-state index is 5.20. The van der Waals surface area contributed by atoms with Crippen LogP contribution in [0.3, 0.4) is 0 Å². The molecule has 0 heterocycles. The van der Waals surface area contributed by atoms with Crippen molar-refractivity contribution < 1.29 is 4.43 Å². The van der Waals surface area contributed by atoms with E-state index in [4.69, 9.17) is 4.43 Å². The van der Waals surface area contributed by atoms with Gasteiger partial charge in [-0.1, -0.05) is 50.5 Å². The third kappa shape index (κ3) is 4.16. The lowest BCUT2D eigenvalue weighted by atomic mass is 11.0. The molecule has 0 aliphatic rings. The summed E-state index contributed by atoms with van der Waals surface area (Å²) in [6, 6.07) is 1.19. The van der Waals surface area contributed by atoms with Crippen LogP contribution in [0.2, 0.25) is 6.04 Å². The molecule has 0 bridgehead atoms. The van der Waals surface area contributed by atoms with Gasteiger partial charge >= 0.3 is 3.31 Å². The first kappa shape index (κ1) is 8.64. The summed E-state index contributed by atoms with van der Waals surface area (Å²) in [5, 5.41) is 0. The monoisotopic (exact) mass is 342 g/mol. The van der Waals surface area contributed by atoms with Crippen LogP contribution in [-0.2, 0) is 4.43 Å². The van der Waals surface area contributed by atoms with E-state index in [1.165, 1.54) is 6.04 Å². The van der Waals surface area contributed by atoms with Gasteiger partial charge in [0.1, 0.15) is 0 Å². The van der Waals surface area contributed by atoms with Crippen LogP contribution in [0.1, 0.15) is 6.92 Å². The lowest BCUT2D eigenvalue weighted by Gasteiger charge is -2.10. The van der Waals surface area contributed by atoms with Crippen LogP contribution < -0.4 is 0 Å². The second-order valence-corrected chi connectivity index (χ2v) is 20.2. The second-order valence-electron chi connectivity index (χ2n) is 1.20. The summed E-state index contributed by atoms with van der Waals surface area (Å²) in [6.45, 7) is 2.16. The summed E-state index contributed by atoms with van der Waals surface area (Å²) in [4.78, 5) is 0. The smallest absolute Gasteiger partial charge is 0.324 e. The van der Waals surface area contributed by atoms with Crippen LogP contribution in [-0.4, -0.2) is 10.4 Å². The van der Waals surface area contributed by atoms with Gasteiger partial charge in [-0.15, -0.1) is 0 Å². The molecular formula is C3H8I2OSi. The fourth-order valence-corrected chi connectivity index (χ4v) is 0.433. The molecule has 0 unspecified atom stereocenters. The number of hydrogen-bond donors (Lipinski definition) is 0. The van der Waals surface area contributed by atoms with E-state index >= 15 is 0 Å². The fraction of sp³-hybridized carbons (Fsp3) is 1.00. The van der Waals surface area contributed by atoms with E-state index in [2.05, 4.69) is 50.5 Å². The van der Waals surface area contributed by atoms with Crippen LogP contribution in [0.4, 0.5) is 0 Å². The van der Waals surface area contributed by atoms with E-state index in [1.54, 1.807) is 7.11 Å². The highest BCUT2D eigenvalue weighted by Gasteiger charge is 2.22. The van der Waals surface area contributed by atoms with Gasteiger partial charge in [-0.25, -0.2) is 0 Å². The van der Waals surface area contributed by atoms with Gasteiger partial charge in [-0.05, 0) is 6.04 Å². The van der Waals surface area contributed by atoms with Crippen molar-refractivity contribution >= 4 is 46.9 Å². The minimum Gasteiger partial charge on any atom is -0.403 e. The normalized spacial score (nSPS) is 12.0. The van der Waals surface area contributed by atoms with Crippen LogP contribution in [0.5, 0.6) is 0 Å². The molecule has 0 aromatic carbocycles. The van der Waals surface area contributed by atoms with E-state index in [9.17, 15) is 0 Å². The first-order chi connectivity index (χ1) is 3.12. The van der Waals surface area contributed by atoms with Crippen molar-refractivity contribution in [2.75, 3.05) is 7.11 Å². The molecule has 0 spiro atoms. The highest BCUT2D eigenvalue weighted by Crippen LogP contribution is 2.25. The van der Waals surface area contributed by atoms with Gasteiger partial charge < -0.3 is 4.43 Å². The summed E-state index contributed by atoms with van der Waals surface area (Å²) in [7, 11) is 1.79. The molecule has 0 saturated carbocycles. The molecule has 1 nitrogen and oxygen atoms in total. The van der Waals surface area contributed by atoms with Crippen LogP contribution in [0, 0.1) is 0 Å². The van der Waals surface area contributed by atoms with E-state index in [0.29, 0.717) is 0 Å². The Morgan fingerprint density at radius 1 is 1.57 bits per heavy atom. The third-order valence-corrected chi connectivity index (χ3v) is 9.35. The first-order valence-electron chi connectivity index (χ1n) is 2.05. The van der Waals surface area contributed by atoms with Crippen molar-refractivity contribution in [3.05, 3.63) is 0 Å². The molecule has 0 rings (SSSR count). The van der Waals surface area contributed by atoms with Crippen molar-refractivity contribution in [1.29, 1.82) is 0 Å². The summed E-state index contributed by atoms with van der Waals surface area (Å²) in [5.74, 6) is 0. The predicted molar refractivity (Wildman–Crippen MR) is 51.3 cm³/mol. The van der Waals surface area contributed by atoms with Crippen molar-refractivity contribution in [3.8, 4) is 0 Å². The summed E-state index contributed by atoms with van der Waals surface area (Å²) in [6.07, 6.45) is 0. The molecule has 0 N–H and O–H groups in total. The Morgan fingerprint density at radius 3 is 2.00 bits per heavy atom. The zero-order valence-corrected chi connectivity index (χ0v) is 9.69. The average Bonchev–Trinajstić information content (AvgIpc) is 1.68. The van der Waals surface area contributed by atoms with E-state index in [1.807, 2.05) is 0 Å². The Balaban J connectivity index is 3.36. The van der Waals surface area contributed by atoms with E-state index in [0.717, 1.165) is 0 Å². The van der Waals surface area contributed by atoms with Gasteiger partial charge in [-0.2, -0.15) is 0 Å². The van der Waals surface area contributed by atoms with E-state index in [-0.39, 0.29) is 0 Å². The first-order valence-corrected chi connectivity index (χ1v) is 10.4. The highest BCUT2D eigenvalue weighted by molar-refractivity contribution is 14.3. The molecule has 0 aliphatic carbocycles. The molecule has 0 aromatic rings. The number of rotatable bonds is 2. The molecule has 0 aromatic heterocycles. The van der Waals surface area contributed by atoms with Gasteiger partial charge in [-0.3, -0.25) is 0 Å². The molecular weight excluding hydrogens is 334 g/mol. The third-order valence-electron chi connectivity index (χ3n) is 0.710. The van der Waals surface area contributed by atoms with Crippen LogP contribution in [0.15, 0.2) is 0 Å². The summed E-state index contributed by atoms with van der Waals surface area (Å²) < 4.78 is 3.99. The Morgan fingerprint density at radius 2 is 2.00 bits per heavy atom. The van der Waals surface area contributed by atoms with Crippen LogP contribution in [0.25, 0.3) is 0 Å². The Labute approximate surface area is 70.8 Å². The zero-order valence-electron chi connectivity index (χ0n) is 4.37. The minimum atomic E-state index is -1.21. The zero-order chi connectivity index (χ0) is 5.91. The van der Waals surface area contributed by atoms with Crippen molar-refractivity contribution in [1.82, 2.24) is 0 Å². The maximum absolute atomic E-state index is 5.20. The largest absolute Gasteiger partial charge is 0.403 e. The topological polar surface area (TPSA) is 9.23 Å². The van der Waals surface area contributed by atoms with Crippen molar-refractivity contribution in [2.24, 2.45) is 0 Å².